The van der Waals surface area contributed by atoms with Crippen LogP contribution in [-0.2, 0) is 0 Å². The van der Waals surface area contributed by atoms with Crippen LogP contribution in [0.1, 0.15) is 50.4 Å². The molecule has 0 spiro atoms. The molecule has 4 heteroatoms. The van der Waals surface area contributed by atoms with Gasteiger partial charge in [-0.05, 0) is 43.2 Å². The topological polar surface area (TPSA) is 54.4 Å². The number of hydrazone groups is 1. The van der Waals surface area contributed by atoms with Crippen molar-refractivity contribution in [3.05, 3.63) is 30.1 Å². The maximum atomic E-state index is 12.0. The molecule has 1 fully saturated rings. The third-order valence-corrected chi connectivity index (χ3v) is 3.99. The van der Waals surface area contributed by atoms with Gasteiger partial charge in [0.1, 0.15) is 0 Å². The van der Waals surface area contributed by atoms with Crippen molar-refractivity contribution in [2.45, 2.75) is 40.0 Å². The molecule has 108 valence electrons. The van der Waals surface area contributed by atoms with E-state index in [4.69, 9.17) is 0 Å². The van der Waals surface area contributed by atoms with E-state index >= 15 is 0 Å². The Morgan fingerprint density at radius 3 is 2.90 bits per heavy atom. The molecular weight excluding hydrogens is 250 g/mol. The maximum Gasteiger partial charge on any atom is 0.272 e. The van der Waals surface area contributed by atoms with E-state index < -0.39 is 0 Å². The van der Waals surface area contributed by atoms with E-state index in [9.17, 15) is 4.79 Å². The predicted octanol–water partition coefficient (Wildman–Crippen LogP) is 3.26. The maximum absolute atomic E-state index is 12.0. The number of aromatic nitrogens is 1. The summed E-state index contributed by atoms with van der Waals surface area (Å²) in [6.45, 7) is 6.69. The van der Waals surface area contributed by atoms with E-state index in [-0.39, 0.29) is 5.91 Å². The first-order chi connectivity index (χ1) is 9.58. The molecule has 1 aliphatic carbocycles. The van der Waals surface area contributed by atoms with Crippen LogP contribution in [0.3, 0.4) is 0 Å². The average molecular weight is 273 g/mol. The van der Waals surface area contributed by atoms with Crippen molar-refractivity contribution in [1.29, 1.82) is 0 Å². The number of carbonyl (C=O) groups is 1. The summed E-state index contributed by atoms with van der Waals surface area (Å²) < 4.78 is 0. The zero-order chi connectivity index (χ0) is 14.5. The van der Waals surface area contributed by atoms with Crippen LogP contribution in [0.4, 0.5) is 0 Å². The Hall–Kier alpha value is -1.71. The van der Waals surface area contributed by atoms with Crippen molar-refractivity contribution in [2.75, 3.05) is 0 Å². The van der Waals surface area contributed by atoms with Gasteiger partial charge >= 0.3 is 0 Å². The Kier molecular flexibility index (Phi) is 4.88. The predicted molar refractivity (Wildman–Crippen MR) is 80.5 cm³/mol. The van der Waals surface area contributed by atoms with E-state index in [1.807, 2.05) is 0 Å². The van der Waals surface area contributed by atoms with E-state index in [1.54, 1.807) is 24.5 Å². The number of nitrogens with zero attached hydrogens (tertiary/aromatic N) is 2. The Morgan fingerprint density at radius 1 is 1.45 bits per heavy atom. The summed E-state index contributed by atoms with van der Waals surface area (Å²) in [7, 11) is 0. The SMILES string of the molecule is CC(C)[C@H]1CC[C@H](C)C/C1=N/NC(=O)c1cccnc1. The Labute approximate surface area is 120 Å². The van der Waals surface area contributed by atoms with Gasteiger partial charge in [0.05, 0.1) is 5.56 Å². The van der Waals surface area contributed by atoms with Crippen LogP contribution in [0.5, 0.6) is 0 Å². The molecule has 1 aliphatic rings. The number of carbonyl (C=O) groups excluding carboxylic acids is 1. The molecule has 2 rings (SSSR count). The van der Waals surface area contributed by atoms with Crippen LogP contribution >= 0.6 is 0 Å². The molecule has 1 aromatic rings. The van der Waals surface area contributed by atoms with Crippen LogP contribution in [0.2, 0.25) is 0 Å². The quantitative estimate of drug-likeness (QED) is 0.859. The Bertz CT molecular complexity index is 482. The second-order valence-electron chi connectivity index (χ2n) is 6.02. The summed E-state index contributed by atoms with van der Waals surface area (Å²) in [5.41, 5.74) is 4.36. The summed E-state index contributed by atoms with van der Waals surface area (Å²) in [5.74, 6) is 1.52. The third kappa shape index (κ3) is 3.65. The number of pyridine rings is 1. The number of amides is 1. The standard InChI is InChI=1S/C16H23N3O/c1-11(2)14-7-6-12(3)9-15(14)18-19-16(20)13-5-4-8-17-10-13/h4-5,8,10-12,14H,6-7,9H2,1-3H3,(H,19,20)/b18-15-/t12-,14+/m0/s1. The van der Waals surface area contributed by atoms with Crippen molar-refractivity contribution in [1.82, 2.24) is 10.4 Å². The smallest absolute Gasteiger partial charge is 0.267 e. The number of hydrogen-bond acceptors (Lipinski definition) is 3. The van der Waals surface area contributed by atoms with E-state index in [2.05, 4.69) is 36.3 Å². The minimum atomic E-state index is -0.189. The van der Waals surface area contributed by atoms with Crippen LogP contribution in [0, 0.1) is 17.8 Å². The monoisotopic (exact) mass is 273 g/mol. The van der Waals surface area contributed by atoms with Crippen molar-refractivity contribution in [3.8, 4) is 0 Å². The fraction of sp³-hybridized carbons (Fsp3) is 0.562. The van der Waals surface area contributed by atoms with Crippen LogP contribution in [0.15, 0.2) is 29.6 Å². The molecule has 1 aromatic heterocycles. The lowest BCUT2D eigenvalue weighted by atomic mass is 9.76. The van der Waals surface area contributed by atoms with Gasteiger partial charge in [-0.15, -0.1) is 0 Å². The van der Waals surface area contributed by atoms with Gasteiger partial charge < -0.3 is 0 Å². The molecule has 1 amide bonds. The highest BCUT2D eigenvalue weighted by molar-refractivity contribution is 5.95. The molecule has 1 heterocycles. The zero-order valence-electron chi connectivity index (χ0n) is 12.5. The van der Waals surface area contributed by atoms with E-state index in [0.29, 0.717) is 23.3 Å². The lowest BCUT2D eigenvalue weighted by Gasteiger charge is -2.30. The van der Waals surface area contributed by atoms with Gasteiger partial charge in [-0.1, -0.05) is 20.8 Å². The molecule has 0 aromatic carbocycles. The molecule has 0 aliphatic heterocycles. The minimum Gasteiger partial charge on any atom is -0.267 e. The van der Waals surface area contributed by atoms with E-state index in [1.165, 1.54) is 12.8 Å². The molecule has 0 unspecified atom stereocenters. The first kappa shape index (κ1) is 14.7. The van der Waals surface area contributed by atoms with Gasteiger partial charge in [0, 0.05) is 24.0 Å². The highest BCUT2D eigenvalue weighted by Crippen LogP contribution is 2.31. The highest BCUT2D eigenvalue weighted by Gasteiger charge is 2.27. The molecule has 20 heavy (non-hydrogen) atoms. The van der Waals surface area contributed by atoms with Crippen molar-refractivity contribution >= 4 is 11.6 Å². The second-order valence-corrected chi connectivity index (χ2v) is 6.02. The largest absolute Gasteiger partial charge is 0.272 e. The minimum absolute atomic E-state index is 0.189. The van der Waals surface area contributed by atoms with Gasteiger partial charge in [0.15, 0.2) is 0 Å². The van der Waals surface area contributed by atoms with Crippen molar-refractivity contribution in [3.63, 3.8) is 0 Å². The summed E-state index contributed by atoms with van der Waals surface area (Å²) in [4.78, 5) is 15.9. The third-order valence-electron chi connectivity index (χ3n) is 3.99. The van der Waals surface area contributed by atoms with Crippen LogP contribution < -0.4 is 5.43 Å². The normalized spacial score (nSPS) is 24.9. The Balaban J connectivity index is 2.06. The first-order valence-electron chi connectivity index (χ1n) is 7.34. The van der Waals surface area contributed by atoms with E-state index in [0.717, 1.165) is 12.1 Å². The Morgan fingerprint density at radius 2 is 2.25 bits per heavy atom. The summed E-state index contributed by atoms with van der Waals surface area (Å²) in [5, 5.41) is 4.40. The van der Waals surface area contributed by atoms with Gasteiger partial charge in [-0.2, -0.15) is 5.10 Å². The summed E-state index contributed by atoms with van der Waals surface area (Å²) in [6, 6.07) is 3.49. The summed E-state index contributed by atoms with van der Waals surface area (Å²) in [6.07, 6.45) is 6.61. The molecule has 1 saturated carbocycles. The van der Waals surface area contributed by atoms with Gasteiger partial charge in [-0.3, -0.25) is 9.78 Å². The molecule has 1 N–H and O–H groups in total. The highest BCUT2D eigenvalue weighted by atomic mass is 16.2. The lowest BCUT2D eigenvalue weighted by molar-refractivity contribution is 0.0953. The van der Waals surface area contributed by atoms with Gasteiger partial charge in [0.25, 0.3) is 5.91 Å². The molecule has 0 saturated heterocycles. The zero-order valence-corrected chi connectivity index (χ0v) is 12.5. The summed E-state index contributed by atoms with van der Waals surface area (Å²) >= 11 is 0. The molecule has 4 nitrogen and oxygen atoms in total. The van der Waals surface area contributed by atoms with Crippen molar-refractivity contribution in [2.24, 2.45) is 22.9 Å². The number of nitrogens with one attached hydrogen (secondary N) is 1. The van der Waals surface area contributed by atoms with Gasteiger partial charge in [0.2, 0.25) is 0 Å². The van der Waals surface area contributed by atoms with Crippen molar-refractivity contribution < 1.29 is 4.79 Å². The number of hydrogen-bond donors (Lipinski definition) is 1. The fourth-order valence-electron chi connectivity index (χ4n) is 2.77. The molecule has 0 bridgehead atoms. The van der Waals surface area contributed by atoms with Crippen LogP contribution in [0.25, 0.3) is 0 Å². The average Bonchev–Trinajstić information content (AvgIpc) is 2.45. The lowest BCUT2D eigenvalue weighted by Crippen LogP contribution is -2.31. The van der Waals surface area contributed by atoms with Crippen LogP contribution in [-0.4, -0.2) is 16.6 Å². The van der Waals surface area contributed by atoms with Gasteiger partial charge in [-0.25, -0.2) is 5.43 Å². The molecule has 0 radical (unpaired) electrons. The molecule has 2 atom stereocenters. The fourth-order valence-corrected chi connectivity index (χ4v) is 2.77. The first-order valence-corrected chi connectivity index (χ1v) is 7.34. The molecular formula is C16H23N3O. The number of rotatable bonds is 3. The second kappa shape index (κ2) is 6.64.